The van der Waals surface area contributed by atoms with Gasteiger partial charge in [-0.05, 0) is 26.8 Å². The van der Waals surface area contributed by atoms with Crippen LogP contribution in [0.5, 0.6) is 0 Å². The van der Waals surface area contributed by atoms with Gasteiger partial charge in [-0.25, -0.2) is 28.5 Å². The first-order valence-corrected chi connectivity index (χ1v) is 14.8. The molecule has 3 aromatic heterocycles. The number of nitrogens with two attached hydrogens (primary N) is 3. The van der Waals surface area contributed by atoms with E-state index in [1.54, 1.807) is 30.9 Å². The van der Waals surface area contributed by atoms with E-state index in [-0.39, 0.29) is 17.6 Å². The van der Waals surface area contributed by atoms with E-state index in [2.05, 4.69) is 41.1 Å². The lowest BCUT2D eigenvalue weighted by molar-refractivity contribution is 0.0604. The summed E-state index contributed by atoms with van der Waals surface area (Å²) in [6.45, 7) is 5.19. The zero-order valence-corrected chi connectivity index (χ0v) is 23.9. The number of hydrogen-bond donors (Lipinski definition) is 3. The van der Waals surface area contributed by atoms with Crippen molar-refractivity contribution < 1.29 is 18.3 Å². The number of halogens is 3. The van der Waals surface area contributed by atoms with Crippen LogP contribution >= 0.6 is 30.3 Å². The number of guanidine groups is 1. The molecule has 4 rings (SSSR count). The summed E-state index contributed by atoms with van der Waals surface area (Å²) in [5.41, 5.74) is 15.9. The molecule has 37 heavy (non-hydrogen) atoms. The quantitative estimate of drug-likeness (QED) is 0.179. The molecule has 0 aliphatic heterocycles. The first-order chi connectivity index (χ1) is 17.4. The van der Waals surface area contributed by atoms with Crippen molar-refractivity contribution in [3.05, 3.63) is 36.3 Å². The van der Waals surface area contributed by atoms with Crippen molar-refractivity contribution in [2.45, 2.75) is 64.9 Å². The Balaban J connectivity index is 0.000000237. The molecule has 6 N–H and O–H groups in total. The van der Waals surface area contributed by atoms with Crippen LogP contribution in [-0.2, 0) is 4.74 Å². The number of carbonyl (C=O) groups is 1. The molecule has 0 unspecified atom stereocenters. The predicted molar refractivity (Wildman–Crippen MR) is 152 cm³/mol. The Labute approximate surface area is 230 Å². The monoisotopic (exact) mass is 648 g/mol. The van der Waals surface area contributed by atoms with Crippen LogP contribution in [0, 0.1) is 11.6 Å². The van der Waals surface area contributed by atoms with Crippen molar-refractivity contribution in [1.29, 1.82) is 0 Å². The molecule has 0 saturated heterocycles. The summed E-state index contributed by atoms with van der Waals surface area (Å²) in [6.07, 6.45) is 12.1. The molecule has 0 spiro atoms. The second kappa shape index (κ2) is 14.3. The van der Waals surface area contributed by atoms with Gasteiger partial charge in [-0.1, -0.05) is 38.5 Å². The average molecular weight is 649 g/mol. The summed E-state index contributed by atoms with van der Waals surface area (Å²) in [7, 11) is 1.37. The Hall–Kier alpha value is -2.75. The number of nitrogen functional groups attached to an aromatic ring is 1. The second-order valence-electron chi connectivity index (χ2n) is 9.03. The highest BCUT2D eigenvalue weighted by Crippen LogP contribution is 2.32. The Morgan fingerprint density at radius 2 is 1.70 bits per heavy atom. The third kappa shape index (κ3) is 10.3. The first kappa shape index (κ1) is 30.5. The highest BCUT2D eigenvalue weighted by atomic mass is 127. The number of pyridine rings is 1. The highest BCUT2D eigenvalue weighted by molar-refractivity contribution is 14.2. The van der Waals surface area contributed by atoms with E-state index in [0.717, 1.165) is 12.4 Å². The van der Waals surface area contributed by atoms with Gasteiger partial charge in [0.05, 0.1) is 12.4 Å². The number of hydrogen-bond acceptors (Lipinski definition) is 7. The lowest BCUT2D eigenvalue weighted by Gasteiger charge is -2.17. The minimum atomic E-state index is -0.766. The van der Waals surface area contributed by atoms with Crippen LogP contribution in [-0.4, -0.2) is 36.6 Å². The van der Waals surface area contributed by atoms with Crippen molar-refractivity contribution in [3.63, 3.8) is 0 Å². The van der Waals surface area contributed by atoms with Gasteiger partial charge in [0.15, 0.2) is 29.1 Å². The molecular weight excluding hydrogens is 617 g/mol. The minimum absolute atomic E-state index is 0.227. The van der Waals surface area contributed by atoms with Crippen LogP contribution in [0.2, 0.25) is 0 Å². The zero-order chi connectivity index (χ0) is 27.6. The normalized spacial score (nSPS) is 13.0. The van der Waals surface area contributed by atoms with Crippen LogP contribution in [0.3, 0.4) is 0 Å². The van der Waals surface area contributed by atoms with E-state index in [9.17, 15) is 13.6 Å². The standard InChI is InChI=1S/C11H6F2IN5S.C6H13N3O2.C6H12/c12-5-1-6-7(4-19(20-14)11(6)17-2-5)10-16-3-8(13)9(15)18-10;1-6(2,3)11-5(10)9-4(7)8;1-2-4-6-5-3-1/h1-4H,(H2,15,16,18);1-3H3,(H4,7,8,9,10);1-6H2. The summed E-state index contributed by atoms with van der Waals surface area (Å²) < 4.78 is 33.0. The number of fused-ring (bicyclic) bond motifs is 1. The molecule has 1 amide bonds. The number of ether oxygens (including phenoxy) is 1. The molecule has 1 fully saturated rings. The summed E-state index contributed by atoms with van der Waals surface area (Å²) in [5, 5.41) is 0.542. The van der Waals surface area contributed by atoms with E-state index in [4.69, 9.17) is 21.9 Å². The molecule has 1 aliphatic rings. The van der Waals surface area contributed by atoms with Gasteiger partial charge in [0.2, 0.25) is 0 Å². The number of rotatable bonds is 2. The Morgan fingerprint density at radius 3 is 2.19 bits per heavy atom. The van der Waals surface area contributed by atoms with Crippen LogP contribution < -0.4 is 17.2 Å². The predicted octanol–water partition coefficient (Wildman–Crippen LogP) is 5.74. The summed E-state index contributed by atoms with van der Waals surface area (Å²) in [4.78, 5) is 25.7. The fourth-order valence-electron chi connectivity index (χ4n) is 3.25. The Kier molecular flexibility index (Phi) is 11.7. The highest BCUT2D eigenvalue weighted by Gasteiger charge is 2.16. The molecule has 3 aromatic rings. The second-order valence-corrected chi connectivity index (χ2v) is 10.7. The lowest BCUT2D eigenvalue weighted by Crippen LogP contribution is -2.27. The molecule has 1 saturated carbocycles. The first-order valence-electron chi connectivity index (χ1n) is 11.5. The molecular formula is C23H31F2IN8O2S. The van der Waals surface area contributed by atoms with Crippen LogP contribution in [0.1, 0.15) is 59.3 Å². The Bertz CT molecular complexity index is 1210. The van der Waals surface area contributed by atoms with Crippen molar-refractivity contribution >= 4 is 59.2 Å². The zero-order valence-electron chi connectivity index (χ0n) is 20.9. The summed E-state index contributed by atoms with van der Waals surface area (Å²) in [5.74, 6) is -1.47. The number of aliphatic imine (C=N–C) groups is 1. The number of amides is 1. The maximum absolute atomic E-state index is 13.4. The van der Waals surface area contributed by atoms with E-state index in [1.807, 2.05) is 0 Å². The fourth-order valence-corrected chi connectivity index (χ4v) is 4.50. The molecule has 202 valence electrons. The van der Waals surface area contributed by atoms with Gasteiger partial charge in [-0.15, -0.1) is 4.99 Å². The number of carbonyl (C=O) groups excluding carboxylic acids is 1. The molecule has 10 nitrogen and oxygen atoms in total. The lowest BCUT2D eigenvalue weighted by atomic mass is 10.0. The van der Waals surface area contributed by atoms with Crippen molar-refractivity contribution in [1.82, 2.24) is 18.9 Å². The number of nitrogens with zero attached hydrogens (tertiary/aromatic N) is 5. The topological polar surface area (TPSA) is 160 Å². The van der Waals surface area contributed by atoms with Crippen molar-refractivity contribution in [2.24, 2.45) is 16.5 Å². The minimum Gasteiger partial charge on any atom is -0.442 e. The van der Waals surface area contributed by atoms with E-state index in [0.29, 0.717) is 16.6 Å². The maximum atomic E-state index is 13.4. The van der Waals surface area contributed by atoms with E-state index < -0.39 is 23.3 Å². The largest absolute Gasteiger partial charge is 0.442 e. The van der Waals surface area contributed by atoms with E-state index in [1.165, 1.54) is 53.7 Å². The van der Waals surface area contributed by atoms with Gasteiger partial charge in [-0.2, -0.15) is 0 Å². The Morgan fingerprint density at radius 1 is 1.11 bits per heavy atom. The van der Waals surface area contributed by atoms with Gasteiger partial charge in [-0.3, -0.25) is 3.97 Å². The van der Waals surface area contributed by atoms with Gasteiger partial charge >= 0.3 is 6.09 Å². The number of anilines is 1. The molecule has 3 heterocycles. The molecule has 1 aliphatic carbocycles. The third-order valence-electron chi connectivity index (χ3n) is 4.78. The average Bonchev–Trinajstić information content (AvgIpc) is 3.19. The smallest absolute Gasteiger partial charge is 0.437 e. The van der Waals surface area contributed by atoms with Gasteiger partial charge in [0.1, 0.15) is 11.4 Å². The van der Waals surface area contributed by atoms with Crippen LogP contribution in [0.15, 0.2) is 29.6 Å². The molecule has 0 radical (unpaired) electrons. The van der Waals surface area contributed by atoms with Crippen molar-refractivity contribution in [3.8, 4) is 11.4 Å². The molecule has 0 bridgehead atoms. The summed E-state index contributed by atoms with van der Waals surface area (Å²) >= 11 is 2.08. The van der Waals surface area contributed by atoms with Gasteiger partial charge < -0.3 is 21.9 Å². The molecule has 14 heteroatoms. The van der Waals surface area contributed by atoms with Gasteiger partial charge in [0, 0.05) is 47.5 Å². The van der Waals surface area contributed by atoms with Crippen LogP contribution in [0.4, 0.5) is 19.4 Å². The van der Waals surface area contributed by atoms with Gasteiger partial charge in [0.25, 0.3) is 0 Å². The maximum Gasteiger partial charge on any atom is 0.437 e. The van der Waals surface area contributed by atoms with Crippen LogP contribution in [0.25, 0.3) is 22.4 Å². The fraction of sp³-hybridized carbons (Fsp3) is 0.435. The van der Waals surface area contributed by atoms with Crippen molar-refractivity contribution in [2.75, 3.05) is 5.73 Å². The number of aromatic nitrogens is 4. The molecule has 0 aromatic carbocycles. The van der Waals surface area contributed by atoms with E-state index >= 15 is 0 Å². The molecule has 0 atom stereocenters. The summed E-state index contributed by atoms with van der Waals surface area (Å²) in [6, 6.07) is 1.34. The SMILES string of the molecule is C1CCCCC1.CC(C)(C)OC(=O)N=C(N)N.Nc1nc(-c2cn(SI)c3ncc(F)cc23)ncc1F. The third-order valence-corrected chi connectivity index (χ3v) is 6.48.